The molecule has 1 fully saturated rings. The van der Waals surface area contributed by atoms with Crippen LogP contribution in [0.15, 0.2) is 0 Å². The lowest BCUT2D eigenvalue weighted by Crippen LogP contribution is -2.60. The molecule has 0 radical (unpaired) electrons. The van der Waals surface area contributed by atoms with E-state index in [1.165, 1.54) is 0 Å². The molecule has 150 valence electrons. The van der Waals surface area contributed by atoms with Crippen molar-refractivity contribution in [2.24, 2.45) is 0 Å². The van der Waals surface area contributed by atoms with Gasteiger partial charge in [-0.3, -0.25) is 14.4 Å². The predicted octanol–water partition coefficient (Wildman–Crippen LogP) is 1.86. The highest BCUT2D eigenvalue weighted by molar-refractivity contribution is 5.71. The Bertz CT molecular complexity index is 446. The number of carbonyl (C=O) groups excluding carboxylic acids is 3. The van der Waals surface area contributed by atoms with E-state index >= 15 is 0 Å². The van der Waals surface area contributed by atoms with E-state index in [1.807, 2.05) is 20.8 Å². The molecule has 26 heavy (non-hydrogen) atoms. The zero-order valence-corrected chi connectivity index (χ0v) is 15.9. The summed E-state index contributed by atoms with van der Waals surface area (Å²) < 4.78 is 21.5. The van der Waals surface area contributed by atoms with Crippen molar-refractivity contribution in [1.82, 2.24) is 0 Å². The molecule has 8 heteroatoms. The molecule has 1 aliphatic heterocycles. The zero-order valence-electron chi connectivity index (χ0n) is 15.9. The number of hydrogen-bond donors (Lipinski definition) is 1. The molecule has 5 atom stereocenters. The van der Waals surface area contributed by atoms with Gasteiger partial charge < -0.3 is 24.1 Å². The molecule has 0 aromatic rings. The monoisotopic (exact) mass is 374 g/mol. The minimum absolute atomic E-state index is 0.148. The van der Waals surface area contributed by atoms with E-state index in [0.29, 0.717) is 19.3 Å². The van der Waals surface area contributed by atoms with Crippen molar-refractivity contribution in [2.75, 3.05) is 0 Å². The minimum Gasteiger partial charge on any atom is -0.455 e. The molecule has 8 nitrogen and oxygen atoms in total. The maximum atomic E-state index is 12.0. The Morgan fingerprint density at radius 1 is 0.769 bits per heavy atom. The maximum Gasteiger partial charge on any atom is 0.306 e. The Labute approximate surface area is 154 Å². The van der Waals surface area contributed by atoms with Crippen LogP contribution in [-0.4, -0.2) is 53.7 Å². The van der Waals surface area contributed by atoms with E-state index in [1.54, 1.807) is 6.92 Å². The summed E-state index contributed by atoms with van der Waals surface area (Å²) in [5, 5.41) is 10.2. The van der Waals surface area contributed by atoms with Gasteiger partial charge in [0.25, 0.3) is 0 Å². The summed E-state index contributed by atoms with van der Waals surface area (Å²) in [4.78, 5) is 35.8. The van der Waals surface area contributed by atoms with Crippen LogP contribution >= 0.6 is 0 Å². The Hall–Kier alpha value is -1.67. The minimum atomic E-state index is -1.48. The predicted molar refractivity (Wildman–Crippen MR) is 90.9 cm³/mol. The second-order valence-corrected chi connectivity index (χ2v) is 6.35. The fourth-order valence-corrected chi connectivity index (χ4v) is 2.66. The highest BCUT2D eigenvalue weighted by Crippen LogP contribution is 2.28. The molecule has 0 saturated carbocycles. The highest BCUT2D eigenvalue weighted by Gasteiger charge is 2.50. The molecule has 1 rings (SSSR count). The molecule has 0 bridgehead atoms. The lowest BCUT2D eigenvalue weighted by atomic mass is 9.98. The van der Waals surface area contributed by atoms with E-state index in [-0.39, 0.29) is 19.3 Å². The van der Waals surface area contributed by atoms with Crippen molar-refractivity contribution in [3.8, 4) is 0 Å². The molecular formula is C18H30O8. The molecule has 0 aromatic heterocycles. The highest BCUT2D eigenvalue weighted by atomic mass is 16.7. The molecule has 0 amide bonds. The van der Waals surface area contributed by atoms with Crippen molar-refractivity contribution >= 4 is 17.9 Å². The van der Waals surface area contributed by atoms with Crippen molar-refractivity contribution in [2.45, 2.75) is 96.9 Å². The Kier molecular flexibility index (Phi) is 9.58. The third-order valence-electron chi connectivity index (χ3n) is 3.91. The first-order valence-corrected chi connectivity index (χ1v) is 9.25. The van der Waals surface area contributed by atoms with Crippen molar-refractivity contribution in [1.29, 1.82) is 0 Å². The third kappa shape index (κ3) is 6.57. The van der Waals surface area contributed by atoms with Crippen molar-refractivity contribution in [3.63, 3.8) is 0 Å². The standard InChI is InChI=1S/C18H30O8/c1-5-8-12(19)24-15-11(4)23-18(22)17(26-14(21)10-7-3)16(15)25-13(20)9-6-2/h11,15-18,22H,5-10H2,1-4H3/t11-,15+,16+,17-,18+/m0/s1. The number of carbonyl (C=O) groups is 3. The van der Waals surface area contributed by atoms with E-state index in [0.717, 1.165) is 0 Å². The summed E-state index contributed by atoms with van der Waals surface area (Å²) in [5.41, 5.74) is 0. The molecule has 1 aliphatic rings. The summed E-state index contributed by atoms with van der Waals surface area (Å²) in [7, 11) is 0. The number of rotatable bonds is 9. The molecule has 0 aliphatic carbocycles. The van der Waals surface area contributed by atoms with Gasteiger partial charge in [-0.05, 0) is 26.2 Å². The lowest BCUT2D eigenvalue weighted by Gasteiger charge is -2.42. The van der Waals surface area contributed by atoms with Crippen LogP contribution in [0, 0.1) is 0 Å². The van der Waals surface area contributed by atoms with Gasteiger partial charge >= 0.3 is 17.9 Å². The van der Waals surface area contributed by atoms with E-state index in [2.05, 4.69) is 0 Å². The Morgan fingerprint density at radius 2 is 1.15 bits per heavy atom. The van der Waals surface area contributed by atoms with Crippen LogP contribution in [0.2, 0.25) is 0 Å². The summed E-state index contributed by atoms with van der Waals surface area (Å²) in [6.45, 7) is 7.06. The largest absolute Gasteiger partial charge is 0.455 e. The summed E-state index contributed by atoms with van der Waals surface area (Å²) in [6.07, 6.45) is -3.34. The second kappa shape index (κ2) is 11.1. The smallest absolute Gasteiger partial charge is 0.306 e. The van der Waals surface area contributed by atoms with Crippen molar-refractivity contribution in [3.05, 3.63) is 0 Å². The van der Waals surface area contributed by atoms with E-state index in [9.17, 15) is 19.5 Å². The summed E-state index contributed by atoms with van der Waals surface area (Å²) in [5.74, 6) is -1.55. The molecule has 0 aromatic carbocycles. The SMILES string of the molecule is CCCC(=O)O[C@@H]1[C@H](OC(=O)CCC)[C@H](C)O[C@@H](O)[C@H]1OC(=O)CCC. The van der Waals surface area contributed by atoms with Gasteiger partial charge in [0.15, 0.2) is 24.6 Å². The van der Waals surface area contributed by atoms with Crippen LogP contribution in [0.3, 0.4) is 0 Å². The number of ether oxygens (including phenoxy) is 4. The molecule has 1 saturated heterocycles. The Morgan fingerprint density at radius 3 is 1.58 bits per heavy atom. The van der Waals surface area contributed by atoms with Crippen LogP contribution < -0.4 is 0 Å². The topological polar surface area (TPSA) is 108 Å². The van der Waals surface area contributed by atoms with Gasteiger partial charge in [-0.25, -0.2) is 0 Å². The molecule has 0 unspecified atom stereocenters. The van der Waals surface area contributed by atoms with Crippen LogP contribution in [0.4, 0.5) is 0 Å². The lowest BCUT2D eigenvalue weighted by molar-refractivity contribution is -0.289. The first-order valence-electron chi connectivity index (χ1n) is 9.25. The summed E-state index contributed by atoms with van der Waals surface area (Å²) in [6, 6.07) is 0. The number of aliphatic hydroxyl groups excluding tert-OH is 1. The fourth-order valence-electron chi connectivity index (χ4n) is 2.66. The van der Waals surface area contributed by atoms with Crippen LogP contribution in [-0.2, 0) is 33.3 Å². The van der Waals surface area contributed by atoms with Gasteiger partial charge in [0.2, 0.25) is 0 Å². The van der Waals surface area contributed by atoms with Gasteiger partial charge in [0, 0.05) is 19.3 Å². The zero-order chi connectivity index (χ0) is 19.7. The fraction of sp³-hybridized carbons (Fsp3) is 0.833. The average Bonchev–Trinajstić information content (AvgIpc) is 2.55. The molecule has 1 N–H and O–H groups in total. The van der Waals surface area contributed by atoms with Gasteiger partial charge in [-0.1, -0.05) is 20.8 Å². The molecule has 0 spiro atoms. The maximum absolute atomic E-state index is 12.0. The van der Waals surface area contributed by atoms with E-state index < -0.39 is 48.6 Å². The normalized spacial score (nSPS) is 28.3. The second-order valence-electron chi connectivity index (χ2n) is 6.35. The molecule has 1 heterocycles. The quantitative estimate of drug-likeness (QED) is 0.481. The molecular weight excluding hydrogens is 344 g/mol. The van der Waals surface area contributed by atoms with Gasteiger partial charge in [-0.2, -0.15) is 0 Å². The number of hydrogen-bond acceptors (Lipinski definition) is 8. The average molecular weight is 374 g/mol. The van der Waals surface area contributed by atoms with Crippen molar-refractivity contribution < 1.29 is 38.4 Å². The number of aliphatic hydroxyl groups is 1. The van der Waals surface area contributed by atoms with E-state index in [4.69, 9.17) is 18.9 Å². The first kappa shape index (κ1) is 22.4. The van der Waals surface area contributed by atoms with Gasteiger partial charge in [0.05, 0.1) is 6.10 Å². The Balaban J connectivity index is 3.03. The third-order valence-corrected chi connectivity index (χ3v) is 3.91. The van der Waals surface area contributed by atoms with Crippen LogP contribution in [0.25, 0.3) is 0 Å². The van der Waals surface area contributed by atoms with Gasteiger partial charge in [-0.15, -0.1) is 0 Å². The first-order chi connectivity index (χ1) is 12.3. The summed E-state index contributed by atoms with van der Waals surface area (Å²) >= 11 is 0. The van der Waals surface area contributed by atoms with Crippen LogP contribution in [0.1, 0.15) is 66.2 Å². The van der Waals surface area contributed by atoms with Gasteiger partial charge in [0.1, 0.15) is 0 Å². The van der Waals surface area contributed by atoms with Crippen LogP contribution in [0.5, 0.6) is 0 Å². The number of esters is 3.